The molecule has 0 amide bonds. The molecule has 0 bridgehead atoms. The van der Waals surface area contributed by atoms with Crippen LogP contribution in [-0.4, -0.2) is 78.3 Å². The Morgan fingerprint density at radius 3 is 2.52 bits per heavy atom. The molecule has 0 fully saturated rings. The molecule has 1 aromatic rings. The molecule has 0 saturated carbocycles. The van der Waals surface area contributed by atoms with Crippen LogP contribution in [0.5, 0.6) is 0 Å². The summed E-state index contributed by atoms with van der Waals surface area (Å²) in [5.41, 5.74) is 0.977. The maximum absolute atomic E-state index is 12.0. The van der Waals surface area contributed by atoms with E-state index in [2.05, 4.69) is 14.5 Å². The summed E-state index contributed by atoms with van der Waals surface area (Å²) in [6.07, 6.45) is 0.834. The molecule has 1 heterocycles. The number of anilines is 2. The van der Waals surface area contributed by atoms with Crippen molar-refractivity contribution in [3.8, 4) is 0 Å². The highest BCUT2D eigenvalue weighted by Gasteiger charge is 2.15. The standard InChI is InChI=1S/C15H27N3O7S2/c1-13-11-14(16-5-4-7-24-3)17-15(12-13)18(2)6-9-26(19,20)10-8-25-27(21,22)23/h11-12H,4-10H2,1-3H3,(H,16,17)(H,21,22,23). The molecule has 0 unspecified atom stereocenters. The number of hydrogen-bond donors (Lipinski definition) is 2. The highest BCUT2D eigenvalue weighted by molar-refractivity contribution is 7.91. The molecule has 0 atom stereocenters. The number of methoxy groups -OCH3 is 1. The van der Waals surface area contributed by atoms with Gasteiger partial charge in [0.2, 0.25) is 0 Å². The number of pyridine rings is 1. The van der Waals surface area contributed by atoms with Crippen molar-refractivity contribution in [2.45, 2.75) is 13.3 Å². The van der Waals surface area contributed by atoms with E-state index < -0.39 is 32.6 Å². The van der Waals surface area contributed by atoms with Crippen molar-refractivity contribution < 1.29 is 30.3 Å². The number of sulfone groups is 1. The fraction of sp³-hybridized carbons (Fsp3) is 0.667. The van der Waals surface area contributed by atoms with E-state index in [1.165, 1.54) is 0 Å². The normalized spacial score (nSPS) is 12.1. The van der Waals surface area contributed by atoms with Gasteiger partial charge >= 0.3 is 10.4 Å². The van der Waals surface area contributed by atoms with Gasteiger partial charge in [0.25, 0.3) is 0 Å². The lowest BCUT2D eigenvalue weighted by Crippen LogP contribution is -2.28. The fourth-order valence-electron chi connectivity index (χ4n) is 2.13. The van der Waals surface area contributed by atoms with Gasteiger partial charge in [-0.2, -0.15) is 8.42 Å². The number of nitrogens with one attached hydrogen (secondary N) is 1. The third kappa shape index (κ3) is 10.4. The second-order valence-corrected chi connectivity index (χ2v) is 9.38. The molecule has 1 rings (SSSR count). The molecule has 1 aromatic heterocycles. The van der Waals surface area contributed by atoms with Crippen LogP contribution in [0.4, 0.5) is 11.6 Å². The van der Waals surface area contributed by atoms with Gasteiger partial charge in [-0.05, 0) is 31.0 Å². The van der Waals surface area contributed by atoms with Gasteiger partial charge in [0, 0.05) is 33.9 Å². The van der Waals surface area contributed by atoms with Gasteiger partial charge in [-0.15, -0.1) is 0 Å². The molecule has 156 valence electrons. The van der Waals surface area contributed by atoms with Crippen molar-refractivity contribution in [2.24, 2.45) is 0 Å². The van der Waals surface area contributed by atoms with E-state index in [9.17, 15) is 16.8 Å². The van der Waals surface area contributed by atoms with E-state index in [0.717, 1.165) is 12.0 Å². The van der Waals surface area contributed by atoms with Crippen LogP contribution in [-0.2, 0) is 29.2 Å². The molecular formula is C15H27N3O7S2. The summed E-state index contributed by atoms with van der Waals surface area (Å²) in [7, 11) is -4.83. The van der Waals surface area contributed by atoms with Gasteiger partial charge in [-0.25, -0.2) is 17.6 Å². The number of aryl methyl sites for hydroxylation is 1. The van der Waals surface area contributed by atoms with E-state index >= 15 is 0 Å². The molecule has 0 aliphatic heterocycles. The SMILES string of the molecule is COCCCNc1cc(C)cc(N(C)CCS(=O)(=O)CCOS(=O)(=O)O)n1. The first-order valence-electron chi connectivity index (χ1n) is 8.27. The predicted octanol–water partition coefficient (Wildman–Crippen LogP) is 0.509. The highest BCUT2D eigenvalue weighted by Crippen LogP contribution is 2.17. The minimum absolute atomic E-state index is 0.174. The Morgan fingerprint density at radius 2 is 1.89 bits per heavy atom. The first-order valence-corrected chi connectivity index (χ1v) is 11.5. The molecule has 12 heteroatoms. The first-order chi connectivity index (χ1) is 12.5. The Hall–Kier alpha value is -1.47. The zero-order valence-electron chi connectivity index (χ0n) is 15.7. The molecule has 10 nitrogen and oxygen atoms in total. The zero-order chi connectivity index (χ0) is 20.5. The van der Waals surface area contributed by atoms with E-state index in [1.807, 2.05) is 19.1 Å². The largest absolute Gasteiger partial charge is 0.397 e. The first kappa shape index (κ1) is 23.6. The molecule has 2 N–H and O–H groups in total. The highest BCUT2D eigenvalue weighted by atomic mass is 32.3. The number of aromatic nitrogens is 1. The van der Waals surface area contributed by atoms with Crippen molar-refractivity contribution in [3.05, 3.63) is 17.7 Å². The van der Waals surface area contributed by atoms with Crippen LogP contribution in [0.15, 0.2) is 12.1 Å². The number of rotatable bonds is 13. The van der Waals surface area contributed by atoms with Crippen LogP contribution in [0.2, 0.25) is 0 Å². The smallest absolute Gasteiger partial charge is 0.385 e. The third-order valence-corrected chi connectivity index (χ3v) is 5.60. The Labute approximate surface area is 160 Å². The average molecular weight is 426 g/mol. The number of ether oxygens (including phenoxy) is 1. The van der Waals surface area contributed by atoms with Crippen molar-refractivity contribution in [1.29, 1.82) is 0 Å². The van der Waals surface area contributed by atoms with Gasteiger partial charge in [-0.1, -0.05) is 0 Å². The summed E-state index contributed by atoms with van der Waals surface area (Å²) >= 11 is 0. The maximum atomic E-state index is 12.0. The van der Waals surface area contributed by atoms with Gasteiger partial charge in [0.1, 0.15) is 11.6 Å². The van der Waals surface area contributed by atoms with Crippen LogP contribution in [0, 0.1) is 6.92 Å². The fourth-order valence-corrected chi connectivity index (χ4v) is 3.62. The lowest BCUT2D eigenvalue weighted by atomic mass is 10.2. The second-order valence-electron chi connectivity index (χ2n) is 5.98. The van der Waals surface area contributed by atoms with Crippen molar-refractivity contribution in [3.63, 3.8) is 0 Å². The average Bonchev–Trinajstić information content (AvgIpc) is 2.55. The van der Waals surface area contributed by atoms with Gasteiger partial charge in [-0.3, -0.25) is 4.55 Å². The van der Waals surface area contributed by atoms with Crippen molar-refractivity contribution in [1.82, 2.24) is 4.98 Å². The Balaban J connectivity index is 2.60. The lowest BCUT2D eigenvalue weighted by molar-refractivity contribution is 0.198. The summed E-state index contributed by atoms with van der Waals surface area (Å²) in [5, 5.41) is 3.20. The molecular weight excluding hydrogens is 398 g/mol. The van der Waals surface area contributed by atoms with E-state index in [0.29, 0.717) is 24.8 Å². The molecule has 0 aromatic carbocycles. The molecule has 0 radical (unpaired) electrons. The van der Waals surface area contributed by atoms with Crippen LogP contribution in [0.3, 0.4) is 0 Å². The lowest BCUT2D eigenvalue weighted by Gasteiger charge is -2.20. The molecule has 27 heavy (non-hydrogen) atoms. The topological polar surface area (TPSA) is 135 Å². The van der Waals surface area contributed by atoms with Crippen LogP contribution in [0.1, 0.15) is 12.0 Å². The quantitative estimate of drug-likeness (QED) is 0.340. The van der Waals surface area contributed by atoms with Crippen LogP contribution < -0.4 is 10.2 Å². The molecule has 0 saturated heterocycles. The minimum atomic E-state index is -4.64. The van der Waals surface area contributed by atoms with Crippen LogP contribution in [0.25, 0.3) is 0 Å². The molecule has 0 aliphatic carbocycles. The molecule has 0 spiro atoms. The summed E-state index contributed by atoms with van der Waals surface area (Å²) in [6.45, 7) is 2.82. The summed E-state index contributed by atoms with van der Waals surface area (Å²) in [5.74, 6) is 0.602. The van der Waals surface area contributed by atoms with Gasteiger partial charge in [0.15, 0.2) is 9.84 Å². The summed E-state index contributed by atoms with van der Waals surface area (Å²) in [4.78, 5) is 6.17. The third-order valence-electron chi connectivity index (χ3n) is 3.54. The number of nitrogens with zero attached hydrogens (tertiary/aromatic N) is 2. The monoisotopic (exact) mass is 425 g/mol. The van der Waals surface area contributed by atoms with E-state index in [4.69, 9.17) is 9.29 Å². The number of hydrogen-bond acceptors (Lipinski definition) is 9. The second kappa shape index (κ2) is 10.8. The van der Waals surface area contributed by atoms with Gasteiger partial charge in [0.05, 0.1) is 18.1 Å². The van der Waals surface area contributed by atoms with Crippen molar-refractivity contribution >= 4 is 31.9 Å². The van der Waals surface area contributed by atoms with E-state index in [1.54, 1.807) is 19.1 Å². The summed E-state index contributed by atoms with van der Waals surface area (Å²) < 4.78 is 62.3. The zero-order valence-corrected chi connectivity index (χ0v) is 17.3. The predicted molar refractivity (Wildman–Crippen MR) is 103 cm³/mol. The van der Waals surface area contributed by atoms with Gasteiger partial charge < -0.3 is 15.0 Å². The maximum Gasteiger partial charge on any atom is 0.397 e. The Kier molecular flexibility index (Phi) is 9.39. The Morgan fingerprint density at radius 1 is 1.19 bits per heavy atom. The molecule has 0 aliphatic rings. The van der Waals surface area contributed by atoms with Crippen molar-refractivity contribution in [2.75, 3.05) is 62.2 Å². The minimum Gasteiger partial charge on any atom is -0.385 e. The Bertz CT molecular complexity index is 798. The van der Waals surface area contributed by atoms with Crippen LogP contribution >= 0.6 is 0 Å². The van der Waals surface area contributed by atoms with E-state index in [-0.39, 0.29) is 12.3 Å². The summed E-state index contributed by atoms with van der Waals surface area (Å²) in [6, 6.07) is 3.74.